The van der Waals surface area contributed by atoms with Crippen molar-refractivity contribution in [2.24, 2.45) is 0 Å². The molecule has 1 aromatic carbocycles. The molecule has 0 aromatic heterocycles. The zero-order valence-electron chi connectivity index (χ0n) is 8.35. The van der Waals surface area contributed by atoms with Crippen LogP contribution in [0.1, 0.15) is 12.0 Å². The van der Waals surface area contributed by atoms with Crippen molar-refractivity contribution in [1.82, 2.24) is 0 Å². The summed E-state index contributed by atoms with van der Waals surface area (Å²) in [5, 5.41) is 10.1. The molecule has 0 aliphatic carbocycles. The van der Waals surface area contributed by atoms with E-state index in [-0.39, 0.29) is 12.5 Å². The summed E-state index contributed by atoms with van der Waals surface area (Å²) in [5.74, 6) is -0.0175. The van der Waals surface area contributed by atoms with Gasteiger partial charge in [0.2, 0.25) is 0 Å². The molecular weight excluding hydrogens is 194 g/mol. The van der Waals surface area contributed by atoms with Crippen LogP contribution in [0.15, 0.2) is 24.3 Å². The fraction of sp³-hybridized carbons (Fsp3) is 0.364. The normalized spacial score (nSPS) is 16.1. The van der Waals surface area contributed by atoms with Crippen molar-refractivity contribution < 1.29 is 14.7 Å². The first kappa shape index (κ1) is 10.1. The Morgan fingerprint density at radius 2 is 2.33 bits per heavy atom. The van der Waals surface area contributed by atoms with Gasteiger partial charge in [-0.1, -0.05) is 12.1 Å². The fourth-order valence-corrected chi connectivity index (χ4v) is 1.58. The Labute approximate surface area is 88.0 Å². The van der Waals surface area contributed by atoms with E-state index >= 15 is 0 Å². The highest BCUT2D eigenvalue weighted by Crippen LogP contribution is 2.21. The van der Waals surface area contributed by atoms with Gasteiger partial charge in [-0.2, -0.15) is 5.06 Å². The number of carbonyl (C=O) groups is 1. The molecule has 80 valence electrons. The molecule has 1 aliphatic rings. The number of hydrogen-bond acceptors (Lipinski definition) is 3. The molecule has 0 unspecified atom stereocenters. The van der Waals surface area contributed by atoms with Crippen molar-refractivity contribution in [1.29, 1.82) is 0 Å². The number of carbonyl (C=O) groups excluding carboxylic acids is 1. The van der Waals surface area contributed by atoms with Crippen molar-refractivity contribution in [3.63, 3.8) is 0 Å². The largest absolute Gasteiger partial charge is 0.396 e. The van der Waals surface area contributed by atoms with Gasteiger partial charge in [0.05, 0.1) is 18.7 Å². The summed E-state index contributed by atoms with van der Waals surface area (Å²) in [4.78, 5) is 16.6. The number of aliphatic hydroxyl groups is 1. The summed E-state index contributed by atoms with van der Waals surface area (Å²) < 4.78 is 0. The van der Waals surface area contributed by atoms with Crippen LogP contribution in [0.2, 0.25) is 0 Å². The molecule has 1 amide bonds. The lowest BCUT2D eigenvalue weighted by Gasteiger charge is -2.14. The highest BCUT2D eigenvalue weighted by Gasteiger charge is 2.23. The number of anilines is 1. The number of aliphatic hydroxyl groups excluding tert-OH is 1. The zero-order valence-corrected chi connectivity index (χ0v) is 8.35. The second kappa shape index (κ2) is 4.42. The molecule has 1 N–H and O–H groups in total. The molecular formula is C11H13NO3. The smallest absolute Gasteiger partial charge is 0.253 e. The average molecular weight is 207 g/mol. The Hall–Kier alpha value is -1.39. The van der Waals surface area contributed by atoms with E-state index in [4.69, 9.17) is 9.94 Å². The summed E-state index contributed by atoms with van der Waals surface area (Å²) in [5.41, 5.74) is 1.74. The van der Waals surface area contributed by atoms with Gasteiger partial charge in [0, 0.05) is 6.61 Å². The highest BCUT2D eigenvalue weighted by molar-refractivity contribution is 5.92. The molecule has 0 atom stereocenters. The molecule has 1 aliphatic heterocycles. The van der Waals surface area contributed by atoms with Gasteiger partial charge in [0.1, 0.15) is 0 Å². The summed E-state index contributed by atoms with van der Waals surface area (Å²) in [6, 6.07) is 7.46. The number of rotatable bonds is 3. The van der Waals surface area contributed by atoms with Crippen LogP contribution in [-0.2, 0) is 16.1 Å². The minimum absolute atomic E-state index is 0.0175. The van der Waals surface area contributed by atoms with Crippen LogP contribution in [0.4, 0.5) is 5.69 Å². The maximum atomic E-state index is 11.4. The monoisotopic (exact) mass is 207 g/mol. The minimum Gasteiger partial charge on any atom is -0.396 e. The summed E-state index contributed by atoms with van der Waals surface area (Å²) in [6.07, 6.45) is 1.03. The van der Waals surface area contributed by atoms with Crippen LogP contribution in [0.25, 0.3) is 0 Å². The van der Waals surface area contributed by atoms with Gasteiger partial charge in [0.15, 0.2) is 0 Å². The number of benzene rings is 1. The van der Waals surface area contributed by atoms with Gasteiger partial charge in [-0.3, -0.25) is 9.63 Å². The van der Waals surface area contributed by atoms with Gasteiger partial charge < -0.3 is 5.11 Å². The predicted octanol–water partition coefficient (Wildman–Crippen LogP) is 0.890. The lowest BCUT2D eigenvalue weighted by Crippen LogP contribution is -2.22. The van der Waals surface area contributed by atoms with Crippen LogP contribution in [-0.4, -0.2) is 24.2 Å². The average Bonchev–Trinajstić information content (AvgIpc) is 2.65. The fourth-order valence-electron chi connectivity index (χ4n) is 1.58. The molecule has 15 heavy (non-hydrogen) atoms. The topological polar surface area (TPSA) is 49.8 Å². The molecule has 1 aromatic rings. The molecule has 0 bridgehead atoms. The summed E-state index contributed by atoms with van der Waals surface area (Å²) in [7, 11) is 0. The lowest BCUT2D eigenvalue weighted by molar-refractivity contribution is -0.119. The quantitative estimate of drug-likeness (QED) is 0.800. The second-order valence-electron chi connectivity index (χ2n) is 3.41. The number of amides is 1. The van der Waals surface area contributed by atoms with Gasteiger partial charge >= 0.3 is 0 Å². The van der Waals surface area contributed by atoms with Crippen molar-refractivity contribution in [3.8, 4) is 0 Å². The van der Waals surface area contributed by atoms with Gasteiger partial charge in [0.25, 0.3) is 5.91 Å². The van der Waals surface area contributed by atoms with Crippen molar-refractivity contribution >= 4 is 11.6 Å². The van der Waals surface area contributed by atoms with Crippen molar-refractivity contribution in [2.45, 2.75) is 12.8 Å². The van der Waals surface area contributed by atoms with Crippen LogP contribution in [0.5, 0.6) is 0 Å². The van der Waals surface area contributed by atoms with E-state index in [9.17, 15) is 4.79 Å². The maximum Gasteiger partial charge on any atom is 0.253 e. The zero-order chi connectivity index (χ0) is 10.7. The van der Waals surface area contributed by atoms with E-state index in [1.165, 1.54) is 5.06 Å². The molecule has 4 nitrogen and oxygen atoms in total. The Kier molecular flexibility index (Phi) is 2.99. The third kappa shape index (κ3) is 2.16. The highest BCUT2D eigenvalue weighted by atomic mass is 16.7. The molecule has 1 saturated heterocycles. The Morgan fingerprint density at radius 3 is 3.00 bits per heavy atom. The second-order valence-corrected chi connectivity index (χ2v) is 3.41. The van der Waals surface area contributed by atoms with E-state index in [1.807, 2.05) is 24.3 Å². The molecule has 4 heteroatoms. The van der Waals surface area contributed by atoms with Gasteiger partial charge in [-0.15, -0.1) is 0 Å². The van der Waals surface area contributed by atoms with Crippen LogP contribution in [0, 0.1) is 0 Å². The number of hydrogen-bond donors (Lipinski definition) is 1. The van der Waals surface area contributed by atoms with E-state index < -0.39 is 0 Å². The molecule has 1 fully saturated rings. The van der Waals surface area contributed by atoms with Crippen LogP contribution < -0.4 is 5.06 Å². The Bertz CT molecular complexity index is 365. The molecule has 0 saturated carbocycles. The Balaban J connectivity index is 2.20. The Morgan fingerprint density at radius 1 is 1.47 bits per heavy atom. The SMILES string of the molecule is O=C1CCON1c1cccc(CCO)c1. The first-order chi connectivity index (χ1) is 7.31. The standard InChI is InChI=1S/C11H13NO3/c13-6-4-9-2-1-3-10(8-9)12-11(14)5-7-15-12/h1-3,8,13H,4-7H2. The van der Waals surface area contributed by atoms with Gasteiger partial charge in [-0.25, -0.2) is 0 Å². The number of nitrogens with zero attached hydrogens (tertiary/aromatic N) is 1. The first-order valence-corrected chi connectivity index (χ1v) is 4.97. The lowest BCUT2D eigenvalue weighted by atomic mass is 10.1. The predicted molar refractivity (Wildman–Crippen MR) is 55.3 cm³/mol. The molecule has 0 radical (unpaired) electrons. The van der Waals surface area contributed by atoms with Crippen LogP contribution in [0.3, 0.4) is 0 Å². The summed E-state index contributed by atoms with van der Waals surface area (Å²) in [6.45, 7) is 0.557. The van der Waals surface area contributed by atoms with Crippen molar-refractivity contribution in [2.75, 3.05) is 18.3 Å². The van der Waals surface area contributed by atoms with E-state index in [0.29, 0.717) is 19.4 Å². The summed E-state index contributed by atoms with van der Waals surface area (Å²) >= 11 is 0. The molecule has 2 rings (SSSR count). The maximum absolute atomic E-state index is 11.4. The minimum atomic E-state index is -0.0175. The number of hydroxylamine groups is 1. The third-order valence-corrected chi connectivity index (χ3v) is 2.31. The first-order valence-electron chi connectivity index (χ1n) is 4.97. The van der Waals surface area contributed by atoms with E-state index in [0.717, 1.165) is 11.3 Å². The third-order valence-electron chi connectivity index (χ3n) is 2.31. The van der Waals surface area contributed by atoms with Crippen LogP contribution >= 0.6 is 0 Å². The van der Waals surface area contributed by atoms with Gasteiger partial charge in [-0.05, 0) is 24.1 Å². The van der Waals surface area contributed by atoms with E-state index in [1.54, 1.807) is 0 Å². The van der Waals surface area contributed by atoms with E-state index in [2.05, 4.69) is 0 Å². The molecule has 1 heterocycles. The van der Waals surface area contributed by atoms with Crippen molar-refractivity contribution in [3.05, 3.63) is 29.8 Å². The molecule has 0 spiro atoms.